The van der Waals surface area contributed by atoms with Crippen LogP contribution in [0.4, 0.5) is 26.3 Å². The van der Waals surface area contributed by atoms with Gasteiger partial charge in [-0.05, 0) is 74.3 Å². The molecule has 0 N–H and O–H groups in total. The number of halogens is 6. The van der Waals surface area contributed by atoms with E-state index in [0.717, 1.165) is 30.9 Å². The lowest BCUT2D eigenvalue weighted by atomic mass is 9.68. The fourth-order valence-corrected chi connectivity index (χ4v) is 6.44. The van der Waals surface area contributed by atoms with Crippen LogP contribution >= 0.6 is 0 Å². The maximum absolute atomic E-state index is 15.4. The maximum atomic E-state index is 15.4. The van der Waals surface area contributed by atoms with Crippen molar-refractivity contribution in [1.82, 2.24) is 0 Å². The first-order valence-electron chi connectivity index (χ1n) is 13.9. The minimum atomic E-state index is -3.41. The van der Waals surface area contributed by atoms with E-state index >= 15 is 4.39 Å². The van der Waals surface area contributed by atoms with Crippen LogP contribution in [0.3, 0.4) is 0 Å². The number of hydrogen-bond acceptors (Lipinski definition) is 2. The molecule has 0 atom stereocenters. The van der Waals surface area contributed by atoms with Crippen molar-refractivity contribution >= 4 is 0 Å². The Labute approximate surface area is 220 Å². The van der Waals surface area contributed by atoms with Crippen LogP contribution in [0.25, 0.3) is 0 Å². The predicted octanol–water partition coefficient (Wildman–Crippen LogP) is 10.3. The zero-order valence-electron chi connectivity index (χ0n) is 21.8. The highest BCUT2D eigenvalue weighted by molar-refractivity contribution is 5.41. The molecule has 2 aromatic rings. The monoisotopic (exact) mass is 542 g/mol. The minimum absolute atomic E-state index is 0.0702. The largest absolute Gasteiger partial charge is 0.454 e. The molecule has 2 saturated carbocycles. The van der Waals surface area contributed by atoms with Crippen molar-refractivity contribution in [1.29, 1.82) is 0 Å². The summed E-state index contributed by atoms with van der Waals surface area (Å²) in [5.41, 5.74) is -0.0702. The highest BCUT2D eigenvalue weighted by atomic mass is 19.3. The molecule has 38 heavy (non-hydrogen) atoms. The fourth-order valence-electron chi connectivity index (χ4n) is 6.44. The van der Waals surface area contributed by atoms with Crippen LogP contribution in [0.5, 0.6) is 17.2 Å². The van der Waals surface area contributed by atoms with Crippen LogP contribution in [-0.2, 0) is 0 Å². The molecule has 0 saturated heterocycles. The summed E-state index contributed by atoms with van der Waals surface area (Å²) < 4.78 is 92.2. The lowest BCUT2D eigenvalue weighted by Gasteiger charge is -2.38. The Kier molecular flexibility index (Phi) is 9.88. The quantitative estimate of drug-likeness (QED) is 0.220. The third-order valence-electron chi connectivity index (χ3n) is 8.45. The molecule has 0 aromatic heterocycles. The standard InChI is InChI=1S/C30H36F6O2/c1-2-3-4-5-18-6-8-19(9-7-18)20-10-12-21(13-11-20)27-23(31)14-15-26(28(27)34)37-22-16-24(32)29(25(33)17-22)38-30(35)36/h14-21,30H,2-13H2,1H3. The van der Waals surface area contributed by atoms with Crippen molar-refractivity contribution in [3.05, 3.63) is 53.1 Å². The Hall–Kier alpha value is -2.38. The summed E-state index contributed by atoms with van der Waals surface area (Å²) in [6, 6.07) is 3.37. The van der Waals surface area contributed by atoms with E-state index in [2.05, 4.69) is 11.7 Å². The van der Waals surface area contributed by atoms with Gasteiger partial charge in [-0.2, -0.15) is 8.78 Å². The van der Waals surface area contributed by atoms with Crippen LogP contribution in [0.1, 0.15) is 95.5 Å². The first kappa shape index (κ1) is 28.6. The average molecular weight is 543 g/mol. The van der Waals surface area contributed by atoms with Crippen LogP contribution in [0.2, 0.25) is 0 Å². The topological polar surface area (TPSA) is 18.5 Å². The second kappa shape index (κ2) is 13.1. The van der Waals surface area contributed by atoms with E-state index in [0.29, 0.717) is 36.8 Å². The summed E-state index contributed by atoms with van der Waals surface area (Å²) in [6.07, 6.45) is 13.4. The van der Waals surface area contributed by atoms with Crippen molar-refractivity contribution in [3.8, 4) is 17.2 Å². The van der Waals surface area contributed by atoms with Gasteiger partial charge in [0.1, 0.15) is 11.6 Å². The van der Waals surface area contributed by atoms with E-state index in [1.807, 2.05) is 0 Å². The molecule has 8 heteroatoms. The number of rotatable bonds is 10. The molecule has 0 bridgehead atoms. The molecule has 210 valence electrons. The zero-order chi connectivity index (χ0) is 27.2. The van der Waals surface area contributed by atoms with E-state index in [1.54, 1.807) is 0 Å². The second-order valence-electron chi connectivity index (χ2n) is 10.9. The fraction of sp³-hybridized carbons (Fsp3) is 0.600. The summed E-state index contributed by atoms with van der Waals surface area (Å²) in [7, 11) is 0. The first-order valence-corrected chi connectivity index (χ1v) is 13.9. The van der Waals surface area contributed by atoms with Crippen molar-refractivity contribution < 1.29 is 35.8 Å². The third-order valence-corrected chi connectivity index (χ3v) is 8.45. The summed E-state index contributed by atoms with van der Waals surface area (Å²) in [6.45, 7) is -1.19. The number of unbranched alkanes of at least 4 members (excludes halogenated alkanes) is 2. The Morgan fingerprint density at radius 3 is 1.97 bits per heavy atom. The molecule has 2 fully saturated rings. The van der Waals surface area contributed by atoms with Gasteiger partial charge in [0.15, 0.2) is 29.0 Å². The molecule has 2 aliphatic rings. The van der Waals surface area contributed by atoms with Crippen LogP contribution < -0.4 is 9.47 Å². The zero-order valence-corrected chi connectivity index (χ0v) is 21.8. The van der Waals surface area contributed by atoms with Crippen LogP contribution in [-0.4, -0.2) is 6.61 Å². The van der Waals surface area contributed by atoms with Crippen molar-refractivity contribution in [2.45, 2.75) is 96.5 Å². The Morgan fingerprint density at radius 1 is 0.789 bits per heavy atom. The first-order chi connectivity index (χ1) is 18.3. The molecule has 2 aliphatic carbocycles. The Balaban J connectivity index is 1.38. The molecule has 4 rings (SSSR count). The maximum Gasteiger partial charge on any atom is 0.387 e. The van der Waals surface area contributed by atoms with Gasteiger partial charge in [0, 0.05) is 17.7 Å². The number of hydrogen-bond donors (Lipinski definition) is 0. The number of alkyl halides is 2. The predicted molar refractivity (Wildman–Crippen MR) is 134 cm³/mol. The normalized spacial score (nSPS) is 24.0. The van der Waals surface area contributed by atoms with Gasteiger partial charge in [-0.25, -0.2) is 17.6 Å². The van der Waals surface area contributed by atoms with E-state index in [-0.39, 0.29) is 17.2 Å². The SMILES string of the molecule is CCCCCC1CCC(C2CCC(c3c(F)ccc(Oc4cc(F)c(OC(F)F)c(F)c4)c3F)CC2)CC1. The molecular formula is C30H36F6O2. The van der Waals surface area contributed by atoms with Gasteiger partial charge in [-0.15, -0.1) is 0 Å². The average Bonchev–Trinajstić information content (AvgIpc) is 2.89. The molecule has 0 radical (unpaired) electrons. The molecule has 0 spiro atoms. The van der Waals surface area contributed by atoms with Gasteiger partial charge in [-0.1, -0.05) is 45.4 Å². The van der Waals surface area contributed by atoms with Crippen LogP contribution in [0, 0.1) is 41.0 Å². The van der Waals surface area contributed by atoms with Crippen molar-refractivity contribution in [2.24, 2.45) is 17.8 Å². The molecule has 0 aliphatic heterocycles. The van der Waals surface area contributed by atoms with E-state index < -0.39 is 41.4 Å². The number of benzene rings is 2. The molecule has 0 unspecified atom stereocenters. The lowest BCUT2D eigenvalue weighted by Crippen LogP contribution is -2.26. The summed E-state index contributed by atoms with van der Waals surface area (Å²) in [5.74, 6) is -4.72. The van der Waals surface area contributed by atoms with Gasteiger partial charge in [0.2, 0.25) is 0 Å². The van der Waals surface area contributed by atoms with Crippen molar-refractivity contribution in [2.75, 3.05) is 0 Å². The highest BCUT2D eigenvalue weighted by Crippen LogP contribution is 2.46. The molecular weight excluding hydrogens is 506 g/mol. The van der Waals surface area contributed by atoms with E-state index in [9.17, 15) is 22.0 Å². The van der Waals surface area contributed by atoms with Gasteiger partial charge >= 0.3 is 6.61 Å². The minimum Gasteiger partial charge on any atom is -0.454 e. The van der Waals surface area contributed by atoms with Gasteiger partial charge in [-0.3, -0.25) is 0 Å². The van der Waals surface area contributed by atoms with Crippen molar-refractivity contribution in [3.63, 3.8) is 0 Å². The van der Waals surface area contributed by atoms with Gasteiger partial charge < -0.3 is 9.47 Å². The third kappa shape index (κ3) is 6.97. The van der Waals surface area contributed by atoms with Crippen LogP contribution in [0.15, 0.2) is 24.3 Å². The van der Waals surface area contributed by atoms with Gasteiger partial charge in [0.05, 0.1) is 0 Å². The molecule has 2 aromatic carbocycles. The molecule has 2 nitrogen and oxygen atoms in total. The molecule has 0 heterocycles. The Bertz CT molecular complexity index is 1040. The smallest absolute Gasteiger partial charge is 0.387 e. The second-order valence-corrected chi connectivity index (χ2v) is 10.9. The molecule has 0 amide bonds. The number of ether oxygens (including phenoxy) is 2. The summed E-state index contributed by atoms with van der Waals surface area (Å²) >= 11 is 0. The van der Waals surface area contributed by atoms with E-state index in [1.165, 1.54) is 51.4 Å². The van der Waals surface area contributed by atoms with E-state index in [4.69, 9.17) is 4.74 Å². The lowest BCUT2D eigenvalue weighted by molar-refractivity contribution is -0.0547. The Morgan fingerprint density at radius 2 is 1.39 bits per heavy atom. The highest BCUT2D eigenvalue weighted by Gasteiger charge is 2.33. The summed E-state index contributed by atoms with van der Waals surface area (Å²) in [4.78, 5) is 0. The summed E-state index contributed by atoms with van der Waals surface area (Å²) in [5, 5.41) is 0. The van der Waals surface area contributed by atoms with Gasteiger partial charge in [0.25, 0.3) is 0 Å².